The van der Waals surface area contributed by atoms with Crippen LogP contribution in [0.4, 0.5) is 0 Å². The Bertz CT molecular complexity index is 1120. The number of carbonyl (C=O) groups is 1. The Balaban J connectivity index is 1.60. The van der Waals surface area contributed by atoms with Gasteiger partial charge >= 0.3 is 0 Å². The molecule has 0 radical (unpaired) electrons. The molecule has 0 bridgehead atoms. The summed E-state index contributed by atoms with van der Waals surface area (Å²) in [5, 5.41) is 3.54. The fourth-order valence-electron chi connectivity index (χ4n) is 3.05. The van der Waals surface area contributed by atoms with Gasteiger partial charge in [-0.1, -0.05) is 41.4 Å². The highest BCUT2D eigenvalue weighted by atomic mass is 35.5. The molecule has 0 aliphatic heterocycles. The molecule has 2 aromatic heterocycles. The van der Waals surface area contributed by atoms with Crippen molar-refractivity contribution < 1.29 is 4.79 Å². The lowest BCUT2D eigenvalue weighted by molar-refractivity contribution is 0.0949. The van der Waals surface area contributed by atoms with E-state index in [4.69, 9.17) is 11.6 Å². The minimum Gasteiger partial charge on any atom is -0.345 e. The van der Waals surface area contributed by atoms with Crippen molar-refractivity contribution in [1.82, 2.24) is 19.9 Å². The van der Waals surface area contributed by atoms with Crippen LogP contribution in [0, 0.1) is 6.92 Å². The molecule has 6 heteroatoms. The van der Waals surface area contributed by atoms with E-state index in [1.807, 2.05) is 16.7 Å². The molecule has 0 spiro atoms. The third-order valence-electron chi connectivity index (χ3n) is 4.56. The summed E-state index contributed by atoms with van der Waals surface area (Å²) in [7, 11) is 0. The topological polar surface area (TPSA) is 59.8 Å². The zero-order chi connectivity index (χ0) is 19.5. The fraction of sp³-hybridized carbons (Fsp3) is 0.136. The van der Waals surface area contributed by atoms with E-state index >= 15 is 0 Å². The summed E-state index contributed by atoms with van der Waals surface area (Å²) in [6.07, 6.45) is 1.76. The Labute approximate surface area is 168 Å². The van der Waals surface area contributed by atoms with Gasteiger partial charge in [0.05, 0.1) is 13.1 Å². The molecular weight excluding hydrogens is 372 g/mol. The second-order valence-corrected chi connectivity index (χ2v) is 7.07. The van der Waals surface area contributed by atoms with Gasteiger partial charge in [0.15, 0.2) is 5.65 Å². The molecule has 2 aromatic carbocycles. The monoisotopic (exact) mass is 390 g/mol. The first kappa shape index (κ1) is 18.2. The predicted octanol–water partition coefficient (Wildman–Crippen LogP) is 4.37. The van der Waals surface area contributed by atoms with Crippen LogP contribution >= 0.6 is 11.6 Å². The first-order valence-electron chi connectivity index (χ1n) is 8.99. The molecular formula is C22H19ClN4O. The zero-order valence-corrected chi connectivity index (χ0v) is 16.1. The number of pyridine rings is 1. The normalized spacial score (nSPS) is 10.9. The molecule has 4 rings (SSSR count). The van der Waals surface area contributed by atoms with E-state index in [9.17, 15) is 4.79 Å². The number of benzene rings is 2. The smallest absolute Gasteiger partial charge is 0.251 e. The molecule has 0 aliphatic carbocycles. The molecule has 0 fully saturated rings. The molecule has 5 nitrogen and oxygen atoms in total. The Hall–Kier alpha value is -3.18. The van der Waals surface area contributed by atoms with E-state index in [1.54, 1.807) is 30.5 Å². The number of imidazole rings is 1. The minimum atomic E-state index is -0.168. The van der Waals surface area contributed by atoms with Gasteiger partial charge in [-0.25, -0.2) is 9.97 Å². The Morgan fingerprint density at radius 3 is 2.57 bits per heavy atom. The molecule has 28 heavy (non-hydrogen) atoms. The molecule has 0 atom stereocenters. The number of carbonyl (C=O) groups excluding carboxylic acids is 1. The van der Waals surface area contributed by atoms with Gasteiger partial charge in [0.1, 0.15) is 11.3 Å². The van der Waals surface area contributed by atoms with Crippen molar-refractivity contribution in [2.24, 2.45) is 0 Å². The Kier molecular flexibility index (Phi) is 5.08. The van der Waals surface area contributed by atoms with Crippen LogP contribution in [0.25, 0.3) is 11.2 Å². The van der Waals surface area contributed by atoms with Crippen molar-refractivity contribution in [2.75, 3.05) is 0 Å². The lowest BCUT2D eigenvalue weighted by Gasteiger charge is -2.10. The highest BCUT2D eigenvalue weighted by Gasteiger charge is 2.14. The fourth-order valence-corrected chi connectivity index (χ4v) is 3.17. The van der Waals surface area contributed by atoms with E-state index in [-0.39, 0.29) is 5.91 Å². The maximum absolute atomic E-state index is 12.4. The molecule has 0 saturated heterocycles. The van der Waals surface area contributed by atoms with E-state index in [2.05, 4.69) is 46.5 Å². The van der Waals surface area contributed by atoms with Gasteiger partial charge < -0.3 is 9.88 Å². The second-order valence-electron chi connectivity index (χ2n) is 6.64. The number of rotatable bonds is 5. The van der Waals surface area contributed by atoms with Gasteiger partial charge in [0, 0.05) is 16.8 Å². The first-order valence-corrected chi connectivity index (χ1v) is 9.37. The van der Waals surface area contributed by atoms with Crippen LogP contribution in [0.5, 0.6) is 0 Å². The number of hydrogen-bond donors (Lipinski definition) is 1. The van der Waals surface area contributed by atoms with Gasteiger partial charge in [-0.05, 0) is 48.9 Å². The summed E-state index contributed by atoms with van der Waals surface area (Å²) >= 11 is 5.89. The molecule has 140 valence electrons. The van der Waals surface area contributed by atoms with Crippen LogP contribution < -0.4 is 5.32 Å². The highest BCUT2D eigenvalue weighted by molar-refractivity contribution is 6.30. The van der Waals surface area contributed by atoms with E-state index in [1.165, 1.54) is 5.56 Å². The Morgan fingerprint density at radius 1 is 1.07 bits per heavy atom. The maximum Gasteiger partial charge on any atom is 0.251 e. The summed E-state index contributed by atoms with van der Waals surface area (Å²) < 4.78 is 2.04. The zero-order valence-electron chi connectivity index (χ0n) is 15.4. The number of fused-ring (bicyclic) bond motifs is 1. The molecule has 0 aliphatic rings. The molecule has 1 N–H and O–H groups in total. The maximum atomic E-state index is 12.4. The average Bonchev–Trinajstić information content (AvgIpc) is 3.06. The van der Waals surface area contributed by atoms with Crippen molar-refractivity contribution in [3.63, 3.8) is 0 Å². The van der Waals surface area contributed by atoms with Crippen LogP contribution in [0.1, 0.15) is 27.3 Å². The average molecular weight is 391 g/mol. The van der Waals surface area contributed by atoms with Crippen LogP contribution in [-0.4, -0.2) is 20.4 Å². The van der Waals surface area contributed by atoms with E-state index < -0.39 is 0 Å². The first-order chi connectivity index (χ1) is 13.6. The number of aromatic nitrogens is 3. The van der Waals surface area contributed by atoms with Crippen LogP contribution in [0.2, 0.25) is 5.02 Å². The number of amides is 1. The number of nitrogens with one attached hydrogen (secondary N) is 1. The molecule has 4 aromatic rings. The van der Waals surface area contributed by atoms with Crippen molar-refractivity contribution in [2.45, 2.75) is 20.0 Å². The highest BCUT2D eigenvalue weighted by Crippen LogP contribution is 2.17. The van der Waals surface area contributed by atoms with Gasteiger partial charge in [0.25, 0.3) is 5.91 Å². The molecule has 1 amide bonds. The molecule has 0 unspecified atom stereocenters. The van der Waals surface area contributed by atoms with Gasteiger partial charge in [-0.15, -0.1) is 0 Å². The van der Waals surface area contributed by atoms with E-state index in [0.717, 1.165) is 22.6 Å². The standard InChI is InChI=1S/C22H19ClN4O/c1-15-4-6-16(7-5-15)14-27-20(26-19-3-2-12-24-21(19)27)13-25-22(28)17-8-10-18(23)11-9-17/h2-12H,13-14H2,1H3,(H,25,28). The second kappa shape index (κ2) is 7.82. The largest absolute Gasteiger partial charge is 0.345 e. The van der Waals surface area contributed by atoms with Crippen molar-refractivity contribution >= 4 is 28.7 Å². The number of aryl methyl sites for hydroxylation is 1. The SMILES string of the molecule is Cc1ccc(Cn2c(CNC(=O)c3ccc(Cl)cc3)nc3cccnc32)cc1. The third kappa shape index (κ3) is 3.89. The summed E-state index contributed by atoms with van der Waals surface area (Å²) in [4.78, 5) is 21.6. The predicted molar refractivity (Wildman–Crippen MR) is 110 cm³/mol. The minimum absolute atomic E-state index is 0.168. The van der Waals surface area contributed by atoms with Crippen molar-refractivity contribution in [3.8, 4) is 0 Å². The number of halogens is 1. The van der Waals surface area contributed by atoms with Crippen LogP contribution in [0.3, 0.4) is 0 Å². The quantitative estimate of drug-likeness (QED) is 0.550. The summed E-state index contributed by atoms with van der Waals surface area (Å²) in [5.74, 6) is 0.593. The van der Waals surface area contributed by atoms with Gasteiger partial charge in [-0.2, -0.15) is 0 Å². The lowest BCUT2D eigenvalue weighted by atomic mass is 10.1. The summed E-state index contributed by atoms with van der Waals surface area (Å²) in [5.41, 5.74) is 4.54. The van der Waals surface area contributed by atoms with Crippen LogP contribution in [0.15, 0.2) is 66.9 Å². The van der Waals surface area contributed by atoms with Gasteiger partial charge in [0.2, 0.25) is 0 Å². The van der Waals surface area contributed by atoms with Crippen molar-refractivity contribution in [1.29, 1.82) is 0 Å². The van der Waals surface area contributed by atoms with Crippen molar-refractivity contribution in [3.05, 3.63) is 94.4 Å². The number of nitrogens with zero attached hydrogens (tertiary/aromatic N) is 3. The summed E-state index contributed by atoms with van der Waals surface area (Å²) in [6.45, 7) is 3.01. The molecule has 0 saturated carbocycles. The number of hydrogen-bond acceptors (Lipinski definition) is 3. The Morgan fingerprint density at radius 2 is 1.82 bits per heavy atom. The van der Waals surface area contributed by atoms with E-state index in [0.29, 0.717) is 23.7 Å². The van der Waals surface area contributed by atoms with Gasteiger partial charge in [-0.3, -0.25) is 4.79 Å². The molecule has 2 heterocycles. The lowest BCUT2D eigenvalue weighted by Crippen LogP contribution is -2.24. The summed E-state index contributed by atoms with van der Waals surface area (Å²) in [6, 6.07) is 19.0. The third-order valence-corrected chi connectivity index (χ3v) is 4.81. The van der Waals surface area contributed by atoms with Crippen LogP contribution in [-0.2, 0) is 13.1 Å².